The lowest BCUT2D eigenvalue weighted by molar-refractivity contribution is -0.123. The molecule has 0 spiro atoms. The van der Waals surface area contributed by atoms with Crippen LogP contribution in [0.15, 0.2) is 59.7 Å². The molecule has 0 fully saturated rings. The number of aromatic hydroxyl groups is 1. The number of rotatable bonds is 6. The third kappa shape index (κ3) is 4.34. The van der Waals surface area contributed by atoms with Gasteiger partial charge in [0, 0.05) is 11.1 Å². The Morgan fingerprint density at radius 1 is 1.06 bits per heavy atom. The Morgan fingerprint density at radius 2 is 1.84 bits per heavy atom. The van der Waals surface area contributed by atoms with Crippen LogP contribution in [-0.4, -0.2) is 36.0 Å². The molecule has 0 aromatic heterocycles. The number of amides is 2. The summed E-state index contributed by atoms with van der Waals surface area (Å²) in [5, 5.41) is 18.7. The molecule has 0 bridgehead atoms. The molecule has 8 heteroatoms. The first-order valence-electron chi connectivity index (χ1n) is 10.2. The predicted molar refractivity (Wildman–Crippen MR) is 120 cm³/mol. The minimum absolute atomic E-state index is 0.0539. The fourth-order valence-electron chi connectivity index (χ4n) is 3.45. The van der Waals surface area contributed by atoms with Crippen LogP contribution in [0.1, 0.15) is 29.8 Å². The van der Waals surface area contributed by atoms with E-state index in [1.807, 2.05) is 38.1 Å². The van der Waals surface area contributed by atoms with E-state index in [0.29, 0.717) is 22.6 Å². The summed E-state index contributed by atoms with van der Waals surface area (Å²) in [6.45, 7) is 3.76. The van der Waals surface area contributed by atoms with E-state index < -0.39 is 17.9 Å². The lowest BCUT2D eigenvalue weighted by atomic mass is 10.0. The van der Waals surface area contributed by atoms with E-state index in [0.717, 1.165) is 10.8 Å². The summed E-state index contributed by atoms with van der Waals surface area (Å²) in [6.07, 6.45) is 1.40. The number of carbonyl (C=O) groups excluding carboxylic acids is 2. The van der Waals surface area contributed by atoms with Gasteiger partial charge in [-0.15, -0.1) is 0 Å². The molecule has 0 saturated carbocycles. The highest BCUT2D eigenvalue weighted by atomic mass is 16.7. The van der Waals surface area contributed by atoms with Crippen LogP contribution in [0.4, 0.5) is 0 Å². The molecular formula is C24H23N3O5. The Hall–Kier alpha value is -4.07. The van der Waals surface area contributed by atoms with Crippen LogP contribution >= 0.6 is 0 Å². The Balaban J connectivity index is 1.46. The first kappa shape index (κ1) is 21.2. The van der Waals surface area contributed by atoms with E-state index in [2.05, 4.69) is 15.8 Å². The van der Waals surface area contributed by atoms with Gasteiger partial charge in [-0.3, -0.25) is 9.59 Å². The zero-order valence-electron chi connectivity index (χ0n) is 17.7. The van der Waals surface area contributed by atoms with E-state index in [4.69, 9.17) is 9.47 Å². The minimum Gasteiger partial charge on any atom is -0.507 e. The molecule has 32 heavy (non-hydrogen) atoms. The second-order valence-electron chi connectivity index (χ2n) is 7.72. The summed E-state index contributed by atoms with van der Waals surface area (Å²) in [5.41, 5.74) is 3.32. The number of phenols is 1. The van der Waals surface area contributed by atoms with Crippen molar-refractivity contribution in [1.82, 2.24) is 10.7 Å². The van der Waals surface area contributed by atoms with Gasteiger partial charge in [0.1, 0.15) is 11.8 Å². The molecule has 1 heterocycles. The average Bonchev–Trinajstić information content (AvgIpc) is 3.26. The maximum atomic E-state index is 12.7. The summed E-state index contributed by atoms with van der Waals surface area (Å²) >= 11 is 0. The van der Waals surface area contributed by atoms with Crippen molar-refractivity contribution in [3.8, 4) is 17.2 Å². The van der Waals surface area contributed by atoms with Crippen molar-refractivity contribution in [3.05, 3.63) is 65.7 Å². The SMILES string of the molecule is CC(C)C(NC(=O)c1ccc2c(c1)OCO2)C(=O)NN=Cc1c(O)ccc2ccccc12. The molecule has 3 N–H and O–H groups in total. The monoisotopic (exact) mass is 433 g/mol. The third-order valence-corrected chi connectivity index (χ3v) is 5.19. The molecule has 1 aliphatic heterocycles. The maximum Gasteiger partial charge on any atom is 0.262 e. The normalized spacial score (nSPS) is 13.5. The molecule has 4 rings (SSSR count). The minimum atomic E-state index is -0.814. The van der Waals surface area contributed by atoms with Gasteiger partial charge in [-0.25, -0.2) is 5.43 Å². The van der Waals surface area contributed by atoms with E-state index in [-0.39, 0.29) is 18.5 Å². The maximum absolute atomic E-state index is 12.7. The summed E-state index contributed by atoms with van der Waals surface area (Å²) in [6, 6.07) is 15.0. The van der Waals surface area contributed by atoms with Crippen LogP contribution in [0.2, 0.25) is 0 Å². The molecule has 0 saturated heterocycles. The van der Waals surface area contributed by atoms with Gasteiger partial charge in [0.25, 0.3) is 11.8 Å². The van der Waals surface area contributed by atoms with E-state index in [1.54, 1.807) is 30.3 Å². The fraction of sp³-hybridized carbons (Fsp3) is 0.208. The van der Waals surface area contributed by atoms with Gasteiger partial charge in [0.15, 0.2) is 11.5 Å². The number of fused-ring (bicyclic) bond motifs is 2. The topological polar surface area (TPSA) is 109 Å². The number of ether oxygens (including phenoxy) is 2. The number of hydrogen-bond acceptors (Lipinski definition) is 6. The van der Waals surface area contributed by atoms with E-state index in [1.165, 1.54) is 6.21 Å². The van der Waals surface area contributed by atoms with Gasteiger partial charge in [-0.1, -0.05) is 44.2 Å². The van der Waals surface area contributed by atoms with Crippen molar-refractivity contribution in [2.75, 3.05) is 6.79 Å². The van der Waals surface area contributed by atoms with Crippen molar-refractivity contribution in [2.24, 2.45) is 11.0 Å². The van der Waals surface area contributed by atoms with Crippen molar-refractivity contribution in [2.45, 2.75) is 19.9 Å². The number of carbonyl (C=O) groups is 2. The van der Waals surface area contributed by atoms with Crippen LogP contribution in [0.5, 0.6) is 17.2 Å². The number of nitrogens with one attached hydrogen (secondary N) is 2. The third-order valence-electron chi connectivity index (χ3n) is 5.19. The zero-order valence-corrected chi connectivity index (χ0v) is 17.7. The summed E-state index contributed by atoms with van der Waals surface area (Å²) in [7, 11) is 0. The molecule has 1 unspecified atom stereocenters. The average molecular weight is 433 g/mol. The summed E-state index contributed by atoms with van der Waals surface area (Å²) in [4.78, 5) is 25.4. The molecule has 0 aliphatic carbocycles. The van der Waals surface area contributed by atoms with E-state index >= 15 is 0 Å². The highest BCUT2D eigenvalue weighted by molar-refractivity contribution is 6.03. The van der Waals surface area contributed by atoms with Crippen LogP contribution in [-0.2, 0) is 4.79 Å². The second kappa shape index (κ2) is 8.97. The standard InChI is InChI=1S/C24H23N3O5/c1-14(2)22(26-23(29)16-8-10-20-21(11-16)32-13-31-20)24(30)27-25-12-18-17-6-4-3-5-15(17)7-9-19(18)28/h3-12,14,22,28H,13H2,1-2H3,(H,26,29)(H,27,30). The molecule has 2 amide bonds. The van der Waals surface area contributed by atoms with Gasteiger partial charge in [-0.05, 0) is 41.0 Å². The quantitative estimate of drug-likeness (QED) is 0.409. The molecular weight excluding hydrogens is 410 g/mol. The summed E-state index contributed by atoms with van der Waals surface area (Å²) in [5.74, 6) is 0.0543. The molecule has 164 valence electrons. The predicted octanol–water partition coefficient (Wildman–Crippen LogP) is 3.18. The Morgan fingerprint density at radius 3 is 2.66 bits per heavy atom. The Labute approximate surface area is 184 Å². The molecule has 8 nitrogen and oxygen atoms in total. The molecule has 3 aromatic rings. The highest BCUT2D eigenvalue weighted by Gasteiger charge is 2.25. The molecule has 0 radical (unpaired) electrons. The van der Waals surface area contributed by atoms with Crippen LogP contribution in [0.25, 0.3) is 10.8 Å². The Bertz CT molecular complexity index is 1210. The van der Waals surface area contributed by atoms with Crippen molar-refractivity contribution >= 4 is 28.8 Å². The van der Waals surface area contributed by atoms with Gasteiger partial charge in [-0.2, -0.15) is 5.10 Å². The number of benzene rings is 3. The van der Waals surface area contributed by atoms with Crippen molar-refractivity contribution in [3.63, 3.8) is 0 Å². The Kier molecular flexibility index (Phi) is 5.93. The number of hydrazone groups is 1. The number of nitrogens with zero attached hydrogens (tertiary/aromatic N) is 1. The van der Waals surface area contributed by atoms with Crippen LogP contribution in [0, 0.1) is 5.92 Å². The lowest BCUT2D eigenvalue weighted by Gasteiger charge is -2.20. The molecule has 1 aliphatic rings. The first-order valence-corrected chi connectivity index (χ1v) is 10.2. The van der Waals surface area contributed by atoms with Gasteiger partial charge in [0.2, 0.25) is 6.79 Å². The molecule has 1 atom stereocenters. The van der Waals surface area contributed by atoms with Crippen molar-refractivity contribution in [1.29, 1.82) is 0 Å². The molecule has 3 aromatic carbocycles. The highest BCUT2D eigenvalue weighted by Crippen LogP contribution is 2.32. The van der Waals surface area contributed by atoms with E-state index in [9.17, 15) is 14.7 Å². The largest absolute Gasteiger partial charge is 0.507 e. The summed E-state index contributed by atoms with van der Waals surface area (Å²) < 4.78 is 10.6. The fourth-order valence-corrected chi connectivity index (χ4v) is 3.45. The van der Waals surface area contributed by atoms with Crippen LogP contribution < -0.4 is 20.2 Å². The smallest absolute Gasteiger partial charge is 0.262 e. The van der Waals surface area contributed by atoms with Crippen molar-refractivity contribution < 1.29 is 24.2 Å². The van der Waals surface area contributed by atoms with Gasteiger partial charge >= 0.3 is 0 Å². The van der Waals surface area contributed by atoms with Gasteiger partial charge < -0.3 is 19.9 Å². The van der Waals surface area contributed by atoms with Gasteiger partial charge in [0.05, 0.1) is 6.21 Å². The first-order chi connectivity index (χ1) is 15.4. The second-order valence-corrected chi connectivity index (χ2v) is 7.72. The number of phenolic OH excluding ortho intramolecular Hbond substituents is 1. The number of hydrogen-bond donors (Lipinski definition) is 3. The lowest BCUT2D eigenvalue weighted by Crippen LogP contribution is -2.48. The van der Waals surface area contributed by atoms with Crippen LogP contribution in [0.3, 0.4) is 0 Å². The zero-order chi connectivity index (χ0) is 22.7.